The number of carbonyl (C=O) groups is 2. The Labute approximate surface area is 459 Å². The number of carbonyl (C=O) groups excluding carboxylic acids is 2. The van der Waals surface area contributed by atoms with E-state index in [9.17, 15) is 19.8 Å². The molecule has 1 saturated carbocycles. The van der Waals surface area contributed by atoms with E-state index in [1.54, 1.807) is 29.9 Å². The number of hydrogen-bond acceptors (Lipinski definition) is 19. The van der Waals surface area contributed by atoms with Crippen LogP contribution < -0.4 is 30.3 Å². The summed E-state index contributed by atoms with van der Waals surface area (Å²) in [5.41, 5.74) is 14.0. The molecule has 4 saturated heterocycles. The van der Waals surface area contributed by atoms with Crippen LogP contribution in [-0.2, 0) is 9.59 Å². The average Bonchev–Trinajstić information content (AvgIpc) is 4.31. The molecule has 0 spiro atoms. The Hall–Kier alpha value is -6.94. The van der Waals surface area contributed by atoms with Crippen molar-refractivity contribution in [2.75, 3.05) is 74.5 Å². The molecule has 9 heterocycles. The van der Waals surface area contributed by atoms with Crippen molar-refractivity contribution in [3.63, 3.8) is 0 Å². The number of likely N-dealkylation sites (tertiary alicyclic amines) is 1. The number of benzene rings is 1. The van der Waals surface area contributed by atoms with Crippen LogP contribution in [0, 0.1) is 18.8 Å². The van der Waals surface area contributed by atoms with Crippen LogP contribution in [0.15, 0.2) is 83.1 Å². The minimum Gasteiger partial charge on any atom is -0.507 e. The number of β-amino-alcohol motifs (C(OH)–C–C–N with tert-alkyl or cyclic N) is 1. The molecule has 5 aromatic heterocycles. The van der Waals surface area contributed by atoms with Crippen LogP contribution in [0.5, 0.6) is 17.5 Å². The minimum atomic E-state index is -0.847. The van der Waals surface area contributed by atoms with Gasteiger partial charge >= 0.3 is 0 Å². The Bertz CT molecular complexity index is 3050. The van der Waals surface area contributed by atoms with Gasteiger partial charge in [-0.2, -0.15) is 0 Å². The number of aliphatic hydroxyl groups excluding tert-OH is 1. The monoisotopic (exact) mass is 1080 g/mol. The summed E-state index contributed by atoms with van der Waals surface area (Å²) in [7, 11) is 0. The predicted octanol–water partition coefficient (Wildman–Crippen LogP) is 6.32. The number of thiazole rings is 1. The number of anilines is 3. The third-order valence-corrected chi connectivity index (χ3v) is 17.5. The zero-order valence-corrected chi connectivity index (χ0v) is 45.8. The first-order valence-corrected chi connectivity index (χ1v) is 28.4. The SMILES string of the molecule is Cc1ncsc1-c1ccc([C@H](C)NC(=O)[C@@H]2C[C@@H](O)CN2C(=O)[C@@H](c2cc(OCCN3CCN(C[C@H]4C[C@H](Oc5cc(N6C7CCC6CN(c6cc(-c8ccccc8O)nnc6N)C7)ccn5)C4)C[C@@H]3C)no2)C(C)C)cn1. The number of nitrogen functional groups attached to an aromatic ring is 1. The van der Waals surface area contributed by atoms with Crippen LogP contribution in [0.25, 0.3) is 21.8 Å². The summed E-state index contributed by atoms with van der Waals surface area (Å²) in [6, 6.07) is 18.6. The fourth-order valence-electron chi connectivity index (χ4n) is 12.3. The number of fused-ring (bicyclic) bond motifs is 2. The number of aliphatic hydroxyl groups is 1. The molecule has 78 heavy (non-hydrogen) atoms. The number of para-hydroxylation sites is 1. The number of aryl methyl sites for hydroxylation is 1. The van der Waals surface area contributed by atoms with Gasteiger partial charge in [0.05, 0.1) is 45.3 Å². The van der Waals surface area contributed by atoms with Gasteiger partial charge in [0.1, 0.15) is 30.4 Å². The van der Waals surface area contributed by atoms with Crippen LogP contribution in [0.1, 0.15) is 88.8 Å². The number of nitrogens with two attached hydrogens (primary N) is 1. The van der Waals surface area contributed by atoms with Gasteiger partial charge in [0.2, 0.25) is 17.7 Å². The third kappa shape index (κ3) is 11.3. The number of pyridine rings is 2. The second-order valence-electron chi connectivity index (χ2n) is 22.3. The first-order chi connectivity index (χ1) is 37.7. The lowest BCUT2D eigenvalue weighted by molar-refractivity contribution is -0.141. The molecule has 5 aliphatic rings. The third-order valence-electron chi connectivity index (χ3n) is 16.5. The van der Waals surface area contributed by atoms with Gasteiger partial charge in [0.15, 0.2) is 11.6 Å². The van der Waals surface area contributed by atoms with E-state index in [1.807, 2.05) is 64.2 Å². The van der Waals surface area contributed by atoms with E-state index in [0.29, 0.717) is 65.2 Å². The van der Waals surface area contributed by atoms with E-state index < -0.39 is 18.1 Å². The lowest BCUT2D eigenvalue weighted by Crippen LogP contribution is -2.54. The molecule has 6 aromatic rings. The highest BCUT2D eigenvalue weighted by molar-refractivity contribution is 7.13. The molecule has 0 radical (unpaired) electrons. The maximum atomic E-state index is 14.3. The van der Waals surface area contributed by atoms with Crippen molar-refractivity contribution in [1.82, 2.24) is 50.3 Å². The molecule has 1 aromatic carbocycles. The number of rotatable bonds is 18. The minimum absolute atomic E-state index is 0.0442. The molecule has 21 heteroatoms. The molecule has 2 unspecified atom stereocenters. The Kier molecular flexibility index (Phi) is 15.5. The highest BCUT2D eigenvalue weighted by Crippen LogP contribution is 2.41. The zero-order chi connectivity index (χ0) is 54.2. The number of phenols is 1. The van der Waals surface area contributed by atoms with Gasteiger partial charge in [-0.3, -0.25) is 19.5 Å². The van der Waals surface area contributed by atoms with Crippen molar-refractivity contribution in [2.24, 2.45) is 11.8 Å². The molecule has 1 aliphatic carbocycles. The number of piperazine rings is 2. The number of amides is 2. The van der Waals surface area contributed by atoms with Crippen LogP contribution in [0.3, 0.4) is 0 Å². The van der Waals surface area contributed by atoms with Gasteiger partial charge in [-0.25, -0.2) is 9.97 Å². The van der Waals surface area contributed by atoms with E-state index in [1.165, 1.54) is 16.2 Å². The number of nitrogens with one attached hydrogen (secondary N) is 1. The fraction of sp³-hybridized carbons (Fsp3) is 0.509. The standard InChI is InChI=1S/C57H71N13O7S/c1-33(2)53(57(74)69-31-42(71)23-48(69)56(73)62-35(4)38-10-13-45(60-26-38)54-36(5)61-32-78-54)50-25-52(65-77-50)75-19-18-67-17-16-66(27-34(67)3)28-37-20-43(21-37)76-51-22-39(14-15-59-51)70-40-11-12-41(70)30-68(29-40)47-24-46(63-64-55(47)58)44-8-6-7-9-49(44)72/h6-10,13-15,22,24-26,32-35,37,40-43,48,53,71-72H,11-12,16-21,23,27-31H2,1-5H3,(H2,58,64)(H,62,73)/t34-,35-,37-,40?,41?,42+,43-,48-,53+/m0/s1. The first-order valence-electron chi connectivity index (χ1n) is 27.5. The number of phenolic OH excluding ortho intramolecular Hbond substituents is 1. The van der Waals surface area contributed by atoms with Gasteiger partial charge in [0.25, 0.3) is 5.88 Å². The number of nitrogens with zero attached hydrogens (tertiary/aromatic N) is 11. The maximum Gasteiger partial charge on any atom is 0.254 e. The van der Waals surface area contributed by atoms with Gasteiger partial charge in [-0.05, 0) is 99.3 Å². The number of aromatic hydroxyl groups is 1. The van der Waals surface area contributed by atoms with Crippen molar-refractivity contribution >= 4 is 40.3 Å². The lowest BCUT2D eigenvalue weighted by atomic mass is 9.81. The van der Waals surface area contributed by atoms with Crippen LogP contribution in [-0.4, -0.2) is 162 Å². The Morgan fingerprint density at radius 1 is 0.923 bits per heavy atom. The summed E-state index contributed by atoms with van der Waals surface area (Å²) in [5, 5.41) is 37.0. The van der Waals surface area contributed by atoms with Gasteiger partial charge in [-0.1, -0.05) is 32.0 Å². The topological polar surface area (TPSA) is 238 Å². The van der Waals surface area contributed by atoms with E-state index in [4.69, 9.17) is 19.7 Å². The zero-order valence-electron chi connectivity index (χ0n) is 45.0. The second kappa shape index (κ2) is 22.8. The van der Waals surface area contributed by atoms with E-state index in [-0.39, 0.29) is 48.6 Å². The molecule has 5 N–H and O–H groups in total. The molecule has 4 aliphatic heterocycles. The highest BCUT2D eigenvalue weighted by atomic mass is 32.1. The summed E-state index contributed by atoms with van der Waals surface area (Å²) in [6.45, 7) is 16.6. The smallest absolute Gasteiger partial charge is 0.254 e. The predicted molar refractivity (Wildman–Crippen MR) is 296 cm³/mol. The summed E-state index contributed by atoms with van der Waals surface area (Å²) >= 11 is 1.53. The normalized spacial score (nSPS) is 24.3. The van der Waals surface area contributed by atoms with Crippen LogP contribution >= 0.6 is 11.3 Å². The van der Waals surface area contributed by atoms with Crippen molar-refractivity contribution < 1.29 is 33.8 Å². The Morgan fingerprint density at radius 3 is 2.46 bits per heavy atom. The van der Waals surface area contributed by atoms with Crippen LogP contribution in [0.2, 0.25) is 0 Å². The molecule has 11 rings (SSSR count). The fourth-order valence-corrected chi connectivity index (χ4v) is 13.1. The molecule has 2 bridgehead atoms. The van der Waals surface area contributed by atoms with Gasteiger partial charge in [0, 0.05) is 113 Å². The lowest BCUT2D eigenvalue weighted by Gasteiger charge is -2.44. The van der Waals surface area contributed by atoms with Crippen molar-refractivity contribution in [1.29, 1.82) is 0 Å². The number of aromatic nitrogens is 6. The summed E-state index contributed by atoms with van der Waals surface area (Å²) in [6.07, 6.45) is 7.22. The van der Waals surface area contributed by atoms with E-state index >= 15 is 0 Å². The molecule has 7 atom stereocenters. The Balaban J connectivity index is 0.610. The Morgan fingerprint density at radius 2 is 1.73 bits per heavy atom. The molecule has 5 fully saturated rings. The molecular formula is C57H71N13O7S. The number of ether oxygens (including phenoxy) is 2. The average molecular weight is 1080 g/mol. The molecule has 2 amide bonds. The maximum absolute atomic E-state index is 14.3. The molecule has 20 nitrogen and oxygen atoms in total. The largest absolute Gasteiger partial charge is 0.507 e. The van der Waals surface area contributed by atoms with Crippen molar-refractivity contribution in [2.45, 2.75) is 115 Å². The van der Waals surface area contributed by atoms with E-state index in [2.05, 4.69) is 74.3 Å². The summed E-state index contributed by atoms with van der Waals surface area (Å²) in [4.78, 5) is 53.9. The quantitative estimate of drug-likeness (QED) is 0.0737. The second-order valence-corrected chi connectivity index (χ2v) is 23.2. The molecular weight excluding hydrogens is 1010 g/mol. The van der Waals surface area contributed by atoms with Crippen molar-refractivity contribution in [3.05, 3.63) is 95.6 Å². The number of hydrogen-bond donors (Lipinski definition) is 4. The van der Waals surface area contributed by atoms with Crippen LogP contribution in [0.4, 0.5) is 17.2 Å². The first kappa shape index (κ1) is 53.1. The summed E-state index contributed by atoms with van der Waals surface area (Å²) in [5.74, 6) is 0.924. The molecule has 412 valence electrons. The summed E-state index contributed by atoms with van der Waals surface area (Å²) < 4.78 is 18.4. The van der Waals surface area contributed by atoms with Gasteiger partial charge < -0.3 is 54.9 Å². The van der Waals surface area contributed by atoms with E-state index in [0.717, 1.165) is 105 Å². The highest BCUT2D eigenvalue weighted by Gasteiger charge is 2.45. The van der Waals surface area contributed by atoms with Crippen molar-refractivity contribution in [3.8, 4) is 39.3 Å². The van der Waals surface area contributed by atoms with Gasteiger partial charge in [-0.15, -0.1) is 21.5 Å².